The number of carbonyl (C=O) groups is 1. The molecule has 0 radical (unpaired) electrons. The van der Waals surface area contributed by atoms with Gasteiger partial charge in [-0.3, -0.25) is 9.78 Å². The van der Waals surface area contributed by atoms with Crippen LogP contribution < -0.4 is 5.32 Å². The molecule has 12 heteroatoms. The van der Waals surface area contributed by atoms with Crippen LogP contribution in [-0.4, -0.2) is 75.5 Å². The van der Waals surface area contributed by atoms with Crippen LogP contribution in [0, 0.1) is 5.41 Å². The third-order valence-electron chi connectivity index (χ3n) is 8.51. The lowest BCUT2D eigenvalue weighted by atomic mass is 9.78. The molecule has 1 saturated carbocycles. The number of ether oxygens (including phenoxy) is 2. The molecule has 214 valence electrons. The SMILES string of the molecule is COC1COCCC1NC1CCC(CC(O)c2nccn2C)(C(=O)N2CCc3ncc(C(F)(F)F)cc3C2)C1. The molecule has 1 amide bonds. The molecule has 2 fully saturated rings. The van der Waals surface area contributed by atoms with Gasteiger partial charge in [0, 0.05) is 76.6 Å². The van der Waals surface area contributed by atoms with Gasteiger partial charge in [0.15, 0.2) is 0 Å². The number of aromatic nitrogens is 3. The zero-order valence-corrected chi connectivity index (χ0v) is 22.3. The average molecular weight is 552 g/mol. The van der Waals surface area contributed by atoms with Crippen LogP contribution in [0.3, 0.4) is 0 Å². The first kappa shape index (κ1) is 28.0. The summed E-state index contributed by atoms with van der Waals surface area (Å²) in [6.45, 7) is 1.57. The van der Waals surface area contributed by atoms with Crippen molar-refractivity contribution in [1.29, 1.82) is 0 Å². The van der Waals surface area contributed by atoms with Crippen molar-refractivity contribution < 1.29 is 32.5 Å². The fraction of sp³-hybridized carbons (Fsp3) is 0.667. The van der Waals surface area contributed by atoms with E-state index in [0.717, 1.165) is 25.1 Å². The molecule has 3 aliphatic rings. The minimum Gasteiger partial charge on any atom is -0.385 e. The molecular formula is C27H36F3N5O4. The molecule has 2 aromatic rings. The molecule has 2 N–H and O–H groups in total. The molecule has 39 heavy (non-hydrogen) atoms. The quantitative estimate of drug-likeness (QED) is 0.546. The first-order valence-corrected chi connectivity index (χ1v) is 13.5. The lowest BCUT2D eigenvalue weighted by Crippen LogP contribution is -2.51. The van der Waals surface area contributed by atoms with Crippen LogP contribution in [-0.2, 0) is 40.5 Å². The van der Waals surface area contributed by atoms with Gasteiger partial charge >= 0.3 is 6.18 Å². The Kier molecular flexibility index (Phi) is 8.01. The van der Waals surface area contributed by atoms with E-state index in [1.54, 1.807) is 36.0 Å². The standard InChI is InChI=1S/C27H36F3N5O4/c1-34-9-7-31-24(34)22(36)13-26(6-3-19(12-26)33-21-5-10-39-16-23(21)38-2)25(37)35-8-4-20-17(15-35)11-18(14-32-20)27(28,29)30/h7,9,11,14,19,21-23,33,36H,3-6,8,10,12-13,15-16H2,1-2H3. The number of hydrogen-bond donors (Lipinski definition) is 2. The Morgan fingerprint density at radius 1 is 1.36 bits per heavy atom. The lowest BCUT2D eigenvalue weighted by Gasteiger charge is -2.38. The number of halogens is 3. The third kappa shape index (κ3) is 5.84. The van der Waals surface area contributed by atoms with Crippen molar-refractivity contribution in [2.75, 3.05) is 26.9 Å². The van der Waals surface area contributed by atoms with Crippen LogP contribution in [0.5, 0.6) is 0 Å². The number of fused-ring (bicyclic) bond motifs is 1. The molecular weight excluding hydrogens is 515 g/mol. The maximum Gasteiger partial charge on any atom is 0.417 e. The van der Waals surface area contributed by atoms with Crippen molar-refractivity contribution in [2.45, 2.75) is 75.5 Å². The fourth-order valence-corrected chi connectivity index (χ4v) is 6.42. The highest BCUT2D eigenvalue weighted by molar-refractivity contribution is 5.83. The predicted octanol–water partition coefficient (Wildman–Crippen LogP) is 2.77. The Hall–Kier alpha value is -2.54. The van der Waals surface area contributed by atoms with Crippen molar-refractivity contribution in [2.24, 2.45) is 12.5 Å². The molecule has 0 aromatic carbocycles. The van der Waals surface area contributed by atoms with Crippen molar-refractivity contribution in [1.82, 2.24) is 24.8 Å². The van der Waals surface area contributed by atoms with E-state index in [1.807, 2.05) is 0 Å². The number of rotatable bonds is 7. The minimum absolute atomic E-state index is 0.0267. The molecule has 5 atom stereocenters. The Labute approximate surface area is 225 Å². The molecule has 0 bridgehead atoms. The second kappa shape index (κ2) is 11.1. The number of nitrogens with one attached hydrogen (secondary N) is 1. The molecule has 5 unspecified atom stereocenters. The zero-order valence-electron chi connectivity index (χ0n) is 22.3. The van der Waals surface area contributed by atoms with Crippen LogP contribution in [0.4, 0.5) is 13.2 Å². The number of amides is 1. The Balaban J connectivity index is 1.38. The van der Waals surface area contributed by atoms with E-state index >= 15 is 0 Å². The number of aryl methyl sites for hydroxylation is 1. The Bertz CT molecular complexity index is 1170. The molecule has 9 nitrogen and oxygen atoms in total. The van der Waals surface area contributed by atoms with Gasteiger partial charge in [-0.25, -0.2) is 4.98 Å². The van der Waals surface area contributed by atoms with Crippen LogP contribution >= 0.6 is 0 Å². The summed E-state index contributed by atoms with van der Waals surface area (Å²) >= 11 is 0. The van der Waals surface area contributed by atoms with Crippen LogP contribution in [0.25, 0.3) is 0 Å². The second-order valence-corrected chi connectivity index (χ2v) is 11.1. The molecule has 2 aromatic heterocycles. The summed E-state index contributed by atoms with van der Waals surface area (Å²) in [7, 11) is 3.45. The summed E-state index contributed by atoms with van der Waals surface area (Å²) in [6, 6.07) is 1.22. The number of methoxy groups -OCH3 is 1. The average Bonchev–Trinajstić information content (AvgIpc) is 3.54. The highest BCUT2D eigenvalue weighted by Crippen LogP contribution is 2.47. The fourth-order valence-electron chi connectivity index (χ4n) is 6.42. The van der Waals surface area contributed by atoms with E-state index in [0.29, 0.717) is 56.1 Å². The van der Waals surface area contributed by atoms with Crippen molar-refractivity contribution in [3.05, 3.63) is 47.3 Å². The highest BCUT2D eigenvalue weighted by Gasteiger charge is 2.50. The predicted molar refractivity (Wildman–Crippen MR) is 134 cm³/mol. The summed E-state index contributed by atoms with van der Waals surface area (Å²) in [5.74, 6) is 0.337. The van der Waals surface area contributed by atoms with E-state index < -0.39 is 23.3 Å². The molecule has 4 heterocycles. The number of pyridine rings is 1. The number of imidazole rings is 1. The van der Waals surface area contributed by atoms with Gasteiger partial charge in [-0.2, -0.15) is 13.2 Å². The van der Waals surface area contributed by atoms with Gasteiger partial charge in [0.25, 0.3) is 0 Å². The Morgan fingerprint density at radius 2 is 2.18 bits per heavy atom. The number of aliphatic hydroxyl groups excluding tert-OH is 1. The number of carbonyl (C=O) groups excluding carboxylic acids is 1. The first-order valence-electron chi connectivity index (χ1n) is 13.5. The monoisotopic (exact) mass is 551 g/mol. The second-order valence-electron chi connectivity index (χ2n) is 11.1. The zero-order chi connectivity index (χ0) is 27.8. The molecule has 0 spiro atoms. The van der Waals surface area contributed by atoms with Crippen LogP contribution in [0.2, 0.25) is 0 Å². The lowest BCUT2D eigenvalue weighted by molar-refractivity contribution is -0.145. The van der Waals surface area contributed by atoms with Gasteiger partial charge in [-0.15, -0.1) is 0 Å². The summed E-state index contributed by atoms with van der Waals surface area (Å²) in [5.41, 5.74) is -0.694. The molecule has 5 rings (SSSR count). The van der Waals surface area contributed by atoms with Gasteiger partial charge in [-0.1, -0.05) is 0 Å². The van der Waals surface area contributed by atoms with Gasteiger partial charge in [-0.05, 0) is 43.7 Å². The van der Waals surface area contributed by atoms with Gasteiger partial charge < -0.3 is 29.4 Å². The topological polar surface area (TPSA) is 102 Å². The number of nitrogens with zero attached hydrogens (tertiary/aromatic N) is 4. The van der Waals surface area contributed by atoms with E-state index in [9.17, 15) is 23.1 Å². The highest BCUT2D eigenvalue weighted by atomic mass is 19.4. The largest absolute Gasteiger partial charge is 0.417 e. The molecule has 1 aliphatic carbocycles. The minimum atomic E-state index is -4.50. The Morgan fingerprint density at radius 3 is 2.90 bits per heavy atom. The summed E-state index contributed by atoms with van der Waals surface area (Å²) in [4.78, 5) is 24.2. The van der Waals surface area contributed by atoms with E-state index in [-0.39, 0.29) is 37.1 Å². The van der Waals surface area contributed by atoms with E-state index in [2.05, 4.69) is 15.3 Å². The molecule has 2 aliphatic heterocycles. The normalized spacial score (nSPS) is 28.4. The third-order valence-corrected chi connectivity index (χ3v) is 8.51. The van der Waals surface area contributed by atoms with Crippen molar-refractivity contribution in [3.63, 3.8) is 0 Å². The van der Waals surface area contributed by atoms with Crippen LogP contribution in [0.1, 0.15) is 60.9 Å². The number of alkyl halides is 3. The van der Waals surface area contributed by atoms with Gasteiger partial charge in [0.2, 0.25) is 5.91 Å². The van der Waals surface area contributed by atoms with E-state index in [1.165, 1.54) is 0 Å². The number of hydrogen-bond acceptors (Lipinski definition) is 7. The van der Waals surface area contributed by atoms with Crippen molar-refractivity contribution >= 4 is 5.91 Å². The summed E-state index contributed by atoms with van der Waals surface area (Å²) < 4.78 is 52.9. The van der Waals surface area contributed by atoms with Gasteiger partial charge in [0.1, 0.15) is 11.9 Å². The maximum absolute atomic E-state index is 14.2. The molecule has 1 saturated heterocycles. The summed E-state index contributed by atoms with van der Waals surface area (Å²) in [6.07, 6.45) is 1.81. The van der Waals surface area contributed by atoms with E-state index in [4.69, 9.17) is 9.47 Å². The summed E-state index contributed by atoms with van der Waals surface area (Å²) in [5, 5.41) is 14.9. The smallest absolute Gasteiger partial charge is 0.385 e. The number of aliphatic hydroxyl groups is 1. The van der Waals surface area contributed by atoms with Gasteiger partial charge in [0.05, 0.1) is 23.7 Å². The van der Waals surface area contributed by atoms with Crippen molar-refractivity contribution in [3.8, 4) is 0 Å². The maximum atomic E-state index is 14.2. The van der Waals surface area contributed by atoms with Crippen LogP contribution in [0.15, 0.2) is 24.7 Å². The first-order chi connectivity index (χ1) is 18.6.